The lowest BCUT2D eigenvalue weighted by Crippen LogP contribution is -2.56. The normalized spacial score (nSPS) is 21.3. The fraction of sp³-hybridized carbons (Fsp3) is 0.767. The van der Waals surface area contributed by atoms with E-state index < -0.39 is 0 Å². The molecule has 4 nitrogen and oxygen atoms in total. The summed E-state index contributed by atoms with van der Waals surface area (Å²) in [4.78, 5) is 5.73. The Morgan fingerprint density at radius 2 is 1.60 bits per heavy atom. The highest BCUT2D eigenvalue weighted by atomic mass is 32.2. The molecule has 0 spiro atoms. The lowest BCUT2D eigenvalue weighted by molar-refractivity contribution is 0.0756. The number of likely N-dealkylation sites (tertiary alicyclic amines) is 1. The van der Waals surface area contributed by atoms with E-state index in [-0.39, 0.29) is 11.1 Å². The fourth-order valence-electron chi connectivity index (χ4n) is 6.20. The van der Waals surface area contributed by atoms with Crippen molar-refractivity contribution in [3.05, 3.63) is 16.3 Å². The summed E-state index contributed by atoms with van der Waals surface area (Å²) in [5, 5.41) is 1.66. The Balaban J connectivity index is 1.05. The van der Waals surface area contributed by atoms with Gasteiger partial charge in [0.25, 0.3) is 0 Å². The van der Waals surface area contributed by atoms with Crippen molar-refractivity contribution in [1.29, 1.82) is 0 Å². The quantitative estimate of drug-likeness (QED) is 0.114. The van der Waals surface area contributed by atoms with Gasteiger partial charge in [-0.15, -0.1) is 24.4 Å². The molecule has 0 amide bonds. The standard InChI is InChI=1S/C30H46N2O2S6/c1-29(2,31-25(35)19-23-21(27(31)37)9-17-39-23)11-5-6-13-33-15-8-16-34-14-7-12-30(3,4)32-26(36)20-24-22(28(32)38)10-18-40-24/h19,22,24,37H,5-18,20H2,1-4H3. The average molecular weight is 659 g/mol. The number of ether oxygens (including phenoxy) is 2. The van der Waals surface area contributed by atoms with Crippen LogP contribution < -0.4 is 0 Å². The first-order valence-electron chi connectivity index (χ1n) is 14.8. The molecule has 0 bridgehead atoms. The molecule has 2 atom stereocenters. The van der Waals surface area contributed by atoms with Gasteiger partial charge >= 0.3 is 0 Å². The molecule has 3 aliphatic heterocycles. The molecule has 224 valence electrons. The van der Waals surface area contributed by atoms with Crippen LogP contribution >= 0.6 is 72.8 Å². The lowest BCUT2D eigenvalue weighted by Gasteiger charge is -2.46. The molecular weight excluding hydrogens is 613 g/mol. The van der Waals surface area contributed by atoms with Crippen LogP contribution in [0.1, 0.15) is 84.6 Å². The third kappa shape index (κ3) is 8.07. The second kappa shape index (κ2) is 14.9. The first kappa shape index (κ1) is 33.2. The zero-order valence-electron chi connectivity index (χ0n) is 24.5. The van der Waals surface area contributed by atoms with Crippen LogP contribution in [0.15, 0.2) is 16.0 Å². The van der Waals surface area contributed by atoms with Crippen LogP contribution in [0.2, 0.25) is 0 Å². The molecule has 0 saturated carbocycles. The molecule has 3 aliphatic rings. The number of hydrogen-bond acceptors (Lipinski definition) is 8. The molecule has 4 rings (SSSR count). The van der Waals surface area contributed by atoms with Gasteiger partial charge in [-0.05, 0) is 96.4 Å². The van der Waals surface area contributed by atoms with Crippen LogP contribution in [0.25, 0.3) is 0 Å². The maximum atomic E-state index is 5.93. The molecule has 2 fully saturated rings. The number of hydrogen-bond donors (Lipinski definition) is 1. The van der Waals surface area contributed by atoms with Gasteiger partial charge in [0.15, 0.2) is 0 Å². The number of piperidine rings is 1. The summed E-state index contributed by atoms with van der Waals surface area (Å²) < 4.78 is 15.0. The summed E-state index contributed by atoms with van der Waals surface area (Å²) in [6, 6.07) is 2.17. The highest BCUT2D eigenvalue weighted by Gasteiger charge is 2.44. The van der Waals surface area contributed by atoms with Gasteiger partial charge in [0.05, 0.1) is 15.0 Å². The van der Waals surface area contributed by atoms with Gasteiger partial charge in [-0.2, -0.15) is 11.8 Å². The lowest BCUT2D eigenvalue weighted by atomic mass is 9.88. The molecule has 10 heteroatoms. The summed E-state index contributed by atoms with van der Waals surface area (Å²) >= 11 is 26.3. The molecule has 1 aromatic rings. The van der Waals surface area contributed by atoms with Crippen molar-refractivity contribution in [3.8, 4) is 0 Å². The van der Waals surface area contributed by atoms with E-state index in [1.165, 1.54) is 22.6 Å². The topological polar surface area (TPSA) is 26.6 Å². The number of pyridine rings is 1. The van der Waals surface area contributed by atoms with Crippen LogP contribution in [-0.4, -0.2) is 68.2 Å². The number of unbranched alkanes of at least 4 members (excludes halogenated alkanes) is 1. The highest BCUT2D eigenvalue weighted by molar-refractivity contribution is 8.00. The van der Waals surface area contributed by atoms with Gasteiger partial charge in [0, 0.05) is 65.7 Å². The molecule has 0 aliphatic carbocycles. The molecule has 40 heavy (non-hydrogen) atoms. The summed E-state index contributed by atoms with van der Waals surface area (Å²) in [6.07, 6.45) is 9.46. The summed E-state index contributed by atoms with van der Waals surface area (Å²) in [7, 11) is 0. The Hall–Kier alpha value is 0.320. The Bertz CT molecular complexity index is 1120. The van der Waals surface area contributed by atoms with Gasteiger partial charge in [0.1, 0.15) is 4.64 Å². The molecule has 0 N–H and O–H groups in total. The minimum atomic E-state index is -0.0549. The monoisotopic (exact) mass is 658 g/mol. The number of nitrogens with zero attached hydrogens (tertiary/aromatic N) is 2. The van der Waals surface area contributed by atoms with Crippen LogP contribution in [0, 0.1) is 10.6 Å². The van der Waals surface area contributed by atoms with Crippen molar-refractivity contribution in [3.63, 3.8) is 0 Å². The number of aromatic nitrogens is 1. The molecule has 0 radical (unpaired) electrons. The van der Waals surface area contributed by atoms with Crippen molar-refractivity contribution in [2.24, 2.45) is 5.92 Å². The van der Waals surface area contributed by atoms with Crippen LogP contribution in [0.4, 0.5) is 0 Å². The van der Waals surface area contributed by atoms with E-state index >= 15 is 0 Å². The number of thiol groups is 1. The Labute approximate surface area is 271 Å². The van der Waals surface area contributed by atoms with E-state index in [9.17, 15) is 0 Å². The fourth-order valence-corrected chi connectivity index (χ4v) is 11.5. The minimum Gasteiger partial charge on any atom is -0.381 e. The van der Waals surface area contributed by atoms with Crippen molar-refractivity contribution in [1.82, 2.24) is 9.47 Å². The van der Waals surface area contributed by atoms with E-state index in [4.69, 9.17) is 58.8 Å². The summed E-state index contributed by atoms with van der Waals surface area (Å²) in [5.74, 6) is 2.87. The smallest absolute Gasteiger partial charge is 0.108 e. The molecule has 4 heterocycles. The predicted molar refractivity (Wildman–Crippen MR) is 186 cm³/mol. The zero-order chi connectivity index (χ0) is 28.9. The maximum Gasteiger partial charge on any atom is 0.108 e. The number of fused-ring (bicyclic) bond motifs is 2. The molecular formula is C30H46N2O2S6. The molecule has 2 unspecified atom stereocenters. The largest absolute Gasteiger partial charge is 0.381 e. The van der Waals surface area contributed by atoms with E-state index in [2.05, 4.69) is 43.2 Å². The van der Waals surface area contributed by atoms with Crippen molar-refractivity contribution in [2.75, 3.05) is 37.9 Å². The van der Waals surface area contributed by atoms with Gasteiger partial charge in [0.2, 0.25) is 0 Å². The average Bonchev–Trinajstić information content (AvgIpc) is 3.54. The Morgan fingerprint density at radius 1 is 0.925 bits per heavy atom. The summed E-state index contributed by atoms with van der Waals surface area (Å²) in [5.41, 5.74) is 1.26. The zero-order valence-corrected chi connectivity index (χ0v) is 29.5. The van der Waals surface area contributed by atoms with E-state index in [0.717, 1.165) is 103 Å². The van der Waals surface area contributed by atoms with Gasteiger partial charge < -0.3 is 18.9 Å². The maximum absolute atomic E-state index is 5.93. The molecule has 0 aromatic carbocycles. The SMILES string of the molecule is CC(C)(CCCOCCCOCCCCC(C)(C)n1c(S)c2c(cc1=S)SCC2)N1C(=S)CC2SCCC2C1=S. The van der Waals surface area contributed by atoms with E-state index in [1.54, 1.807) is 0 Å². The second-order valence-electron chi connectivity index (χ2n) is 12.4. The van der Waals surface area contributed by atoms with Crippen LogP contribution in [0.3, 0.4) is 0 Å². The van der Waals surface area contributed by atoms with Crippen molar-refractivity contribution >= 4 is 82.8 Å². The van der Waals surface area contributed by atoms with Crippen LogP contribution in [0.5, 0.6) is 0 Å². The third-order valence-electron chi connectivity index (χ3n) is 8.43. The third-order valence-corrected chi connectivity index (χ3v) is 12.5. The first-order valence-corrected chi connectivity index (χ1v) is 18.5. The van der Waals surface area contributed by atoms with Gasteiger partial charge in [-0.25, -0.2) is 0 Å². The van der Waals surface area contributed by atoms with Crippen LogP contribution in [-0.2, 0) is 21.4 Å². The second-order valence-corrected chi connectivity index (χ2v) is 16.6. The Morgan fingerprint density at radius 3 is 2.35 bits per heavy atom. The first-order chi connectivity index (χ1) is 19.0. The summed E-state index contributed by atoms with van der Waals surface area (Å²) in [6.45, 7) is 12.2. The van der Waals surface area contributed by atoms with E-state index in [1.807, 2.05) is 23.5 Å². The minimum absolute atomic E-state index is 0.0488. The van der Waals surface area contributed by atoms with Crippen molar-refractivity contribution < 1.29 is 9.47 Å². The highest BCUT2D eigenvalue weighted by Crippen LogP contribution is 2.43. The number of thiocarbonyl (C=S) groups is 2. The molecule has 1 aromatic heterocycles. The van der Waals surface area contributed by atoms with Crippen molar-refractivity contribution in [2.45, 2.75) is 112 Å². The number of rotatable bonds is 15. The predicted octanol–water partition coefficient (Wildman–Crippen LogP) is 8.52. The molecule has 2 saturated heterocycles. The Kier molecular flexibility index (Phi) is 12.3. The van der Waals surface area contributed by atoms with E-state index in [0.29, 0.717) is 11.2 Å². The van der Waals surface area contributed by atoms with Gasteiger partial charge in [-0.3, -0.25) is 0 Å². The van der Waals surface area contributed by atoms with Gasteiger partial charge in [-0.1, -0.05) is 36.7 Å². The number of thioether (sulfide) groups is 2.